The van der Waals surface area contributed by atoms with E-state index in [1.165, 1.54) is 24.3 Å². The van der Waals surface area contributed by atoms with Crippen LogP contribution in [0, 0.1) is 16.0 Å². The summed E-state index contributed by atoms with van der Waals surface area (Å²) < 4.78 is 10.1. The van der Waals surface area contributed by atoms with Gasteiger partial charge in [0.15, 0.2) is 0 Å². The third kappa shape index (κ3) is 5.49. The van der Waals surface area contributed by atoms with Gasteiger partial charge < -0.3 is 19.9 Å². The predicted octanol–water partition coefficient (Wildman–Crippen LogP) is 1.24. The Bertz CT molecular complexity index is 728. The predicted molar refractivity (Wildman–Crippen MR) is 95.6 cm³/mol. The average molecular weight is 394 g/mol. The van der Waals surface area contributed by atoms with Gasteiger partial charge in [0, 0.05) is 24.7 Å². The summed E-state index contributed by atoms with van der Waals surface area (Å²) in [6.45, 7) is 2.37. The van der Waals surface area contributed by atoms with Gasteiger partial charge in [-0.15, -0.1) is 0 Å². The van der Waals surface area contributed by atoms with E-state index in [4.69, 9.17) is 9.47 Å². The number of nitro benzene ring substituents is 1. The number of nitrogens with one attached hydrogen (secondary N) is 1. The van der Waals surface area contributed by atoms with Crippen LogP contribution in [0.2, 0.25) is 0 Å². The van der Waals surface area contributed by atoms with Crippen molar-refractivity contribution in [1.29, 1.82) is 0 Å². The quantitative estimate of drug-likeness (QED) is 0.361. The summed E-state index contributed by atoms with van der Waals surface area (Å²) in [4.78, 5) is 46.5. The van der Waals surface area contributed by atoms with Gasteiger partial charge in [-0.2, -0.15) is 0 Å². The number of nitrogens with zero attached hydrogens (tertiary/aromatic N) is 1. The summed E-state index contributed by atoms with van der Waals surface area (Å²) in [5.41, 5.74) is 0.201. The standard InChI is InChI=1S/C18H22N2O8/c1-2-28-15(21)9-14(11-3-5-13(6-4-11)20(25)26)16(18(23)24)19-17(22)12-7-8-27-10-12/h3-6,12,14,16H,2,7-10H2,1H3,(H,19,22)(H,23,24)/t12-,14-,16+/m0/s1. The van der Waals surface area contributed by atoms with E-state index >= 15 is 0 Å². The molecule has 1 fully saturated rings. The number of nitro groups is 1. The summed E-state index contributed by atoms with van der Waals surface area (Å²) in [7, 11) is 0. The minimum absolute atomic E-state index is 0.120. The Morgan fingerprint density at radius 1 is 1.36 bits per heavy atom. The lowest BCUT2D eigenvalue weighted by molar-refractivity contribution is -0.384. The Morgan fingerprint density at radius 3 is 2.54 bits per heavy atom. The van der Waals surface area contributed by atoms with Gasteiger partial charge in [-0.05, 0) is 18.9 Å². The van der Waals surface area contributed by atoms with Crippen LogP contribution in [0.25, 0.3) is 0 Å². The first-order valence-electron chi connectivity index (χ1n) is 8.84. The van der Waals surface area contributed by atoms with Crippen molar-refractivity contribution in [1.82, 2.24) is 5.32 Å². The zero-order valence-electron chi connectivity index (χ0n) is 15.3. The van der Waals surface area contributed by atoms with E-state index in [1.807, 2.05) is 0 Å². The molecule has 10 nitrogen and oxygen atoms in total. The summed E-state index contributed by atoms with van der Waals surface area (Å²) in [5.74, 6) is -3.83. The summed E-state index contributed by atoms with van der Waals surface area (Å²) in [5, 5.41) is 23.0. The molecule has 0 bridgehead atoms. The van der Waals surface area contributed by atoms with Crippen molar-refractivity contribution < 1.29 is 33.9 Å². The molecule has 28 heavy (non-hydrogen) atoms. The third-order valence-electron chi connectivity index (χ3n) is 4.49. The minimum atomic E-state index is -1.40. The first-order valence-corrected chi connectivity index (χ1v) is 8.84. The van der Waals surface area contributed by atoms with Gasteiger partial charge >= 0.3 is 11.9 Å². The Labute approximate surface area is 161 Å². The normalized spacial score (nSPS) is 18.1. The van der Waals surface area contributed by atoms with E-state index < -0.39 is 40.6 Å². The molecule has 0 aliphatic carbocycles. The highest BCUT2D eigenvalue weighted by Gasteiger charge is 2.35. The van der Waals surface area contributed by atoms with Crippen LogP contribution in [0.4, 0.5) is 5.69 Å². The van der Waals surface area contributed by atoms with Gasteiger partial charge in [0.25, 0.3) is 5.69 Å². The van der Waals surface area contributed by atoms with Crippen LogP contribution in [0.5, 0.6) is 0 Å². The van der Waals surface area contributed by atoms with Crippen LogP contribution < -0.4 is 5.32 Å². The fourth-order valence-electron chi connectivity index (χ4n) is 3.02. The minimum Gasteiger partial charge on any atom is -0.480 e. The molecular weight excluding hydrogens is 372 g/mol. The Morgan fingerprint density at radius 2 is 2.04 bits per heavy atom. The first kappa shape index (κ1) is 21.3. The lowest BCUT2D eigenvalue weighted by Crippen LogP contribution is -2.47. The SMILES string of the molecule is CCOC(=O)C[C@@H](c1ccc([N+](=O)[O-])cc1)[C@@H](NC(=O)[C@H]1CCOC1)C(=O)O. The highest BCUT2D eigenvalue weighted by Crippen LogP contribution is 2.27. The zero-order chi connectivity index (χ0) is 20.7. The van der Waals surface area contributed by atoms with Crippen molar-refractivity contribution in [2.75, 3.05) is 19.8 Å². The number of hydrogen-bond donors (Lipinski definition) is 2. The van der Waals surface area contributed by atoms with Crippen LogP contribution >= 0.6 is 0 Å². The van der Waals surface area contributed by atoms with Crippen LogP contribution in [0.3, 0.4) is 0 Å². The van der Waals surface area contributed by atoms with Crippen molar-refractivity contribution in [3.63, 3.8) is 0 Å². The summed E-state index contributed by atoms with van der Waals surface area (Å²) >= 11 is 0. The molecule has 0 aromatic heterocycles. The number of carboxylic acids is 1. The molecule has 1 heterocycles. The van der Waals surface area contributed by atoms with E-state index in [0.29, 0.717) is 18.6 Å². The van der Waals surface area contributed by atoms with E-state index in [1.54, 1.807) is 6.92 Å². The van der Waals surface area contributed by atoms with Gasteiger partial charge in [-0.1, -0.05) is 12.1 Å². The number of benzene rings is 1. The van der Waals surface area contributed by atoms with Crippen LogP contribution in [-0.4, -0.2) is 53.7 Å². The topological polar surface area (TPSA) is 145 Å². The molecule has 0 unspecified atom stereocenters. The van der Waals surface area contributed by atoms with E-state index in [9.17, 15) is 29.6 Å². The molecule has 2 N–H and O–H groups in total. The highest BCUT2D eigenvalue weighted by molar-refractivity contribution is 5.86. The summed E-state index contributed by atoms with van der Waals surface area (Å²) in [6.07, 6.45) is 0.183. The molecular formula is C18H22N2O8. The van der Waals surface area contributed by atoms with Crippen molar-refractivity contribution >= 4 is 23.5 Å². The third-order valence-corrected chi connectivity index (χ3v) is 4.49. The molecule has 1 saturated heterocycles. The lowest BCUT2D eigenvalue weighted by atomic mass is 9.87. The molecule has 2 rings (SSSR count). The smallest absolute Gasteiger partial charge is 0.326 e. The van der Waals surface area contributed by atoms with Crippen LogP contribution in [0.15, 0.2) is 24.3 Å². The van der Waals surface area contributed by atoms with E-state index in [0.717, 1.165) is 0 Å². The van der Waals surface area contributed by atoms with Gasteiger partial charge in [-0.25, -0.2) is 4.79 Å². The van der Waals surface area contributed by atoms with Crippen molar-refractivity contribution in [2.24, 2.45) is 5.92 Å². The van der Waals surface area contributed by atoms with Crippen molar-refractivity contribution in [2.45, 2.75) is 31.7 Å². The maximum atomic E-state index is 12.4. The van der Waals surface area contributed by atoms with Gasteiger partial charge in [-0.3, -0.25) is 19.7 Å². The van der Waals surface area contributed by atoms with Crippen LogP contribution in [0.1, 0.15) is 31.2 Å². The maximum Gasteiger partial charge on any atom is 0.326 e. The lowest BCUT2D eigenvalue weighted by Gasteiger charge is -2.25. The molecule has 1 aromatic carbocycles. The highest BCUT2D eigenvalue weighted by atomic mass is 16.6. The first-order chi connectivity index (χ1) is 13.3. The monoisotopic (exact) mass is 394 g/mol. The number of hydrogen-bond acceptors (Lipinski definition) is 7. The molecule has 152 valence electrons. The Hall–Kier alpha value is -3.01. The second-order valence-electron chi connectivity index (χ2n) is 6.35. The van der Waals surface area contributed by atoms with E-state index in [2.05, 4.69) is 5.32 Å². The number of non-ortho nitro benzene ring substituents is 1. The number of amides is 1. The Kier molecular flexibility index (Phi) is 7.44. The molecule has 1 aliphatic heterocycles. The average Bonchev–Trinajstić information content (AvgIpc) is 3.19. The second kappa shape index (κ2) is 9.79. The van der Waals surface area contributed by atoms with Crippen LogP contribution in [-0.2, 0) is 23.9 Å². The largest absolute Gasteiger partial charge is 0.480 e. The van der Waals surface area contributed by atoms with E-state index in [-0.39, 0.29) is 25.3 Å². The number of carboxylic acid groups (broad SMARTS) is 1. The molecule has 0 radical (unpaired) electrons. The molecule has 1 aliphatic rings. The number of esters is 1. The van der Waals surface area contributed by atoms with Gasteiger partial charge in [0.05, 0.1) is 30.5 Å². The molecule has 1 aromatic rings. The number of ether oxygens (including phenoxy) is 2. The van der Waals surface area contributed by atoms with Crippen molar-refractivity contribution in [3.8, 4) is 0 Å². The molecule has 3 atom stereocenters. The number of rotatable bonds is 9. The molecule has 0 saturated carbocycles. The maximum absolute atomic E-state index is 12.4. The van der Waals surface area contributed by atoms with Gasteiger partial charge in [0.1, 0.15) is 6.04 Å². The molecule has 10 heteroatoms. The second-order valence-corrected chi connectivity index (χ2v) is 6.35. The molecule has 1 amide bonds. The number of carbonyl (C=O) groups excluding carboxylic acids is 2. The molecule has 0 spiro atoms. The summed E-state index contributed by atoms with van der Waals surface area (Å²) in [6, 6.07) is 3.79. The zero-order valence-corrected chi connectivity index (χ0v) is 15.3. The van der Waals surface area contributed by atoms with Gasteiger partial charge in [0.2, 0.25) is 5.91 Å². The number of carbonyl (C=O) groups is 3. The number of aliphatic carboxylic acids is 1. The Balaban J connectivity index is 2.29. The fourth-order valence-corrected chi connectivity index (χ4v) is 3.02. The fraction of sp³-hybridized carbons (Fsp3) is 0.500. The van der Waals surface area contributed by atoms with Crippen molar-refractivity contribution in [3.05, 3.63) is 39.9 Å².